The van der Waals surface area contributed by atoms with Gasteiger partial charge in [0.2, 0.25) is 5.91 Å². The maximum absolute atomic E-state index is 12.4. The van der Waals surface area contributed by atoms with Gasteiger partial charge in [0.25, 0.3) is 0 Å². The van der Waals surface area contributed by atoms with Crippen molar-refractivity contribution in [2.75, 3.05) is 0 Å². The van der Waals surface area contributed by atoms with E-state index in [-0.39, 0.29) is 5.91 Å². The normalized spacial score (nSPS) is 16.9. The second kappa shape index (κ2) is 7.39. The maximum atomic E-state index is 12.4. The van der Waals surface area contributed by atoms with Crippen molar-refractivity contribution in [3.8, 4) is 0 Å². The van der Waals surface area contributed by atoms with Crippen LogP contribution in [0, 0.1) is 0 Å². The number of nitrogens with zero attached hydrogens (tertiary/aromatic N) is 1. The van der Waals surface area contributed by atoms with Crippen LogP contribution in [0.15, 0.2) is 36.5 Å². The largest absolute Gasteiger partial charge is 0.353 e. The number of amides is 1. The molecule has 0 bridgehead atoms. The van der Waals surface area contributed by atoms with E-state index in [1.54, 1.807) is 6.20 Å². The summed E-state index contributed by atoms with van der Waals surface area (Å²) in [7, 11) is 0. The Morgan fingerprint density at radius 1 is 1.05 bits per heavy atom. The standard InChI is InChI=1S/C19H24N2O/c22-18(21-17-11-4-2-1-3-5-12-17)14-16-9-6-8-15-10-7-13-20-19(15)16/h6-10,13,17H,1-5,11-12,14H2,(H,21,22). The van der Waals surface area contributed by atoms with Gasteiger partial charge in [-0.05, 0) is 24.5 Å². The molecule has 2 aromatic rings. The number of benzene rings is 1. The van der Waals surface area contributed by atoms with E-state index in [0.29, 0.717) is 12.5 Å². The fraction of sp³-hybridized carbons (Fsp3) is 0.474. The van der Waals surface area contributed by atoms with Crippen LogP contribution in [-0.4, -0.2) is 16.9 Å². The number of para-hydroxylation sites is 1. The van der Waals surface area contributed by atoms with Gasteiger partial charge in [0.1, 0.15) is 0 Å². The van der Waals surface area contributed by atoms with Crippen LogP contribution in [0.5, 0.6) is 0 Å². The molecule has 1 aromatic carbocycles. The van der Waals surface area contributed by atoms with Gasteiger partial charge >= 0.3 is 0 Å². The smallest absolute Gasteiger partial charge is 0.224 e. The predicted octanol–water partition coefficient (Wildman–Crippen LogP) is 4.01. The molecular weight excluding hydrogens is 272 g/mol. The monoisotopic (exact) mass is 296 g/mol. The summed E-state index contributed by atoms with van der Waals surface area (Å²) in [5.41, 5.74) is 1.96. The van der Waals surface area contributed by atoms with Crippen molar-refractivity contribution in [3.63, 3.8) is 0 Å². The number of aromatic nitrogens is 1. The Kier molecular flexibility index (Phi) is 5.04. The molecule has 1 heterocycles. The molecule has 1 aliphatic rings. The van der Waals surface area contributed by atoms with E-state index >= 15 is 0 Å². The molecule has 0 spiro atoms. The number of hydrogen-bond donors (Lipinski definition) is 1. The Labute approximate surface area is 132 Å². The minimum Gasteiger partial charge on any atom is -0.353 e. The fourth-order valence-electron chi connectivity index (χ4n) is 3.36. The molecule has 0 radical (unpaired) electrons. The van der Waals surface area contributed by atoms with E-state index in [1.807, 2.05) is 30.3 Å². The molecule has 3 rings (SSSR count). The first-order chi connectivity index (χ1) is 10.8. The lowest BCUT2D eigenvalue weighted by Crippen LogP contribution is -2.36. The zero-order valence-electron chi connectivity index (χ0n) is 13.1. The van der Waals surface area contributed by atoms with Crippen molar-refractivity contribution >= 4 is 16.8 Å². The van der Waals surface area contributed by atoms with Crippen LogP contribution >= 0.6 is 0 Å². The summed E-state index contributed by atoms with van der Waals surface area (Å²) in [4.78, 5) is 16.8. The first-order valence-electron chi connectivity index (χ1n) is 8.45. The second-order valence-corrected chi connectivity index (χ2v) is 6.28. The third-order valence-corrected chi connectivity index (χ3v) is 4.54. The van der Waals surface area contributed by atoms with Gasteiger partial charge in [0.15, 0.2) is 0 Å². The minimum absolute atomic E-state index is 0.128. The van der Waals surface area contributed by atoms with Crippen LogP contribution in [0.4, 0.5) is 0 Å². The van der Waals surface area contributed by atoms with E-state index in [1.165, 1.54) is 32.1 Å². The van der Waals surface area contributed by atoms with E-state index < -0.39 is 0 Å². The van der Waals surface area contributed by atoms with Gasteiger partial charge < -0.3 is 5.32 Å². The molecule has 0 aliphatic heterocycles. The van der Waals surface area contributed by atoms with Gasteiger partial charge in [0.05, 0.1) is 11.9 Å². The van der Waals surface area contributed by atoms with E-state index in [4.69, 9.17) is 0 Å². The Balaban J connectivity index is 1.65. The molecule has 1 saturated carbocycles. The Hall–Kier alpha value is -1.90. The van der Waals surface area contributed by atoms with Crippen molar-refractivity contribution < 1.29 is 4.79 Å². The SMILES string of the molecule is O=C(Cc1cccc2cccnc12)NC1CCCCCCC1. The summed E-state index contributed by atoms with van der Waals surface area (Å²) in [6.07, 6.45) is 10.9. The molecule has 3 heteroatoms. The van der Waals surface area contributed by atoms with Gasteiger partial charge in [-0.15, -0.1) is 0 Å². The number of carbonyl (C=O) groups is 1. The number of nitrogens with one attached hydrogen (secondary N) is 1. The highest BCUT2D eigenvalue weighted by atomic mass is 16.1. The summed E-state index contributed by atoms with van der Waals surface area (Å²) >= 11 is 0. The number of carbonyl (C=O) groups excluding carboxylic acids is 1. The first kappa shape index (κ1) is 15.0. The molecule has 1 aliphatic carbocycles. The zero-order chi connectivity index (χ0) is 15.2. The third-order valence-electron chi connectivity index (χ3n) is 4.54. The fourth-order valence-corrected chi connectivity index (χ4v) is 3.36. The van der Waals surface area contributed by atoms with Crippen molar-refractivity contribution in [2.24, 2.45) is 0 Å². The summed E-state index contributed by atoms with van der Waals surface area (Å²) in [6, 6.07) is 10.4. The van der Waals surface area contributed by atoms with Crippen LogP contribution in [0.2, 0.25) is 0 Å². The summed E-state index contributed by atoms with van der Waals surface area (Å²) in [5.74, 6) is 0.128. The van der Waals surface area contributed by atoms with Crippen LogP contribution in [-0.2, 0) is 11.2 Å². The predicted molar refractivity (Wildman–Crippen MR) is 89.7 cm³/mol. The highest BCUT2D eigenvalue weighted by molar-refractivity contribution is 5.87. The Morgan fingerprint density at radius 2 is 1.77 bits per heavy atom. The quantitative estimate of drug-likeness (QED) is 0.930. The van der Waals surface area contributed by atoms with Crippen molar-refractivity contribution in [2.45, 2.75) is 57.4 Å². The van der Waals surface area contributed by atoms with Crippen LogP contribution in [0.25, 0.3) is 10.9 Å². The van der Waals surface area contributed by atoms with E-state index in [9.17, 15) is 4.79 Å². The van der Waals surface area contributed by atoms with Gasteiger partial charge in [-0.1, -0.05) is 56.4 Å². The minimum atomic E-state index is 0.128. The van der Waals surface area contributed by atoms with Crippen LogP contribution in [0.3, 0.4) is 0 Å². The van der Waals surface area contributed by atoms with Crippen molar-refractivity contribution in [1.29, 1.82) is 0 Å². The average Bonchev–Trinajstić information content (AvgIpc) is 2.50. The molecule has 116 valence electrons. The highest BCUT2D eigenvalue weighted by Gasteiger charge is 2.15. The molecule has 1 amide bonds. The topological polar surface area (TPSA) is 42.0 Å². The van der Waals surface area contributed by atoms with Gasteiger partial charge in [-0.25, -0.2) is 0 Å². The van der Waals surface area contributed by atoms with E-state index in [2.05, 4.69) is 10.3 Å². The number of hydrogen-bond acceptors (Lipinski definition) is 2. The first-order valence-corrected chi connectivity index (χ1v) is 8.45. The molecule has 3 nitrogen and oxygen atoms in total. The molecule has 22 heavy (non-hydrogen) atoms. The summed E-state index contributed by atoms with van der Waals surface area (Å²) < 4.78 is 0. The highest BCUT2D eigenvalue weighted by Crippen LogP contribution is 2.19. The third kappa shape index (κ3) is 3.85. The lowest BCUT2D eigenvalue weighted by Gasteiger charge is -2.21. The lowest BCUT2D eigenvalue weighted by molar-refractivity contribution is -0.121. The second-order valence-electron chi connectivity index (χ2n) is 6.28. The Bertz CT molecular complexity index is 625. The molecule has 1 fully saturated rings. The molecule has 1 N–H and O–H groups in total. The molecular formula is C19H24N2O. The Morgan fingerprint density at radius 3 is 2.59 bits per heavy atom. The number of fused-ring (bicyclic) bond motifs is 1. The summed E-state index contributed by atoms with van der Waals surface area (Å²) in [5, 5.41) is 4.33. The maximum Gasteiger partial charge on any atom is 0.224 e. The van der Waals surface area contributed by atoms with E-state index in [0.717, 1.165) is 29.3 Å². The molecule has 0 atom stereocenters. The van der Waals surface area contributed by atoms with Crippen molar-refractivity contribution in [3.05, 3.63) is 42.1 Å². The van der Waals surface area contributed by atoms with Gasteiger partial charge in [-0.2, -0.15) is 0 Å². The average molecular weight is 296 g/mol. The van der Waals surface area contributed by atoms with Gasteiger partial charge in [-0.3, -0.25) is 9.78 Å². The molecule has 0 unspecified atom stereocenters. The number of pyridine rings is 1. The van der Waals surface area contributed by atoms with Crippen molar-refractivity contribution in [1.82, 2.24) is 10.3 Å². The lowest BCUT2D eigenvalue weighted by atomic mass is 9.96. The van der Waals surface area contributed by atoms with Gasteiger partial charge in [0, 0.05) is 17.6 Å². The van der Waals surface area contributed by atoms with Crippen LogP contribution in [0.1, 0.15) is 50.5 Å². The molecule has 0 saturated heterocycles. The zero-order valence-corrected chi connectivity index (χ0v) is 13.1. The van der Waals surface area contributed by atoms with Crippen LogP contribution < -0.4 is 5.32 Å². The molecule has 1 aromatic heterocycles. The summed E-state index contributed by atoms with van der Waals surface area (Å²) in [6.45, 7) is 0. The number of rotatable bonds is 3.